The van der Waals surface area contributed by atoms with Crippen molar-refractivity contribution in [3.05, 3.63) is 29.8 Å². The maximum Gasteiger partial charge on any atom is 0.338 e. The number of amides is 1. The summed E-state index contributed by atoms with van der Waals surface area (Å²) >= 11 is 0. The number of hydrogen-bond acceptors (Lipinski definition) is 4. The van der Waals surface area contributed by atoms with Crippen LogP contribution in [0.4, 0.5) is 5.69 Å². The van der Waals surface area contributed by atoms with Gasteiger partial charge in [-0.05, 0) is 50.4 Å². The number of anilines is 1. The molecule has 1 aliphatic heterocycles. The van der Waals surface area contributed by atoms with Crippen molar-refractivity contribution < 1.29 is 14.3 Å². The second kappa shape index (κ2) is 6.71. The Balaban J connectivity index is 1.75. The first kappa shape index (κ1) is 16.0. The van der Waals surface area contributed by atoms with E-state index >= 15 is 0 Å². The number of carbonyl (C=O) groups excluding carboxylic acids is 2. The van der Waals surface area contributed by atoms with Gasteiger partial charge in [0.1, 0.15) is 0 Å². The summed E-state index contributed by atoms with van der Waals surface area (Å²) in [6.07, 6.45) is 4.37. The highest BCUT2D eigenvalue weighted by molar-refractivity contribution is 5.98. The number of esters is 1. The molecular weight excluding hydrogens is 292 g/mol. The van der Waals surface area contributed by atoms with Crippen molar-refractivity contribution in [3.63, 3.8) is 0 Å². The molecule has 5 nitrogen and oxygen atoms in total. The van der Waals surface area contributed by atoms with Gasteiger partial charge in [-0.3, -0.25) is 4.79 Å². The smallest absolute Gasteiger partial charge is 0.338 e. The van der Waals surface area contributed by atoms with E-state index in [9.17, 15) is 9.59 Å². The van der Waals surface area contributed by atoms with Gasteiger partial charge in [0.25, 0.3) is 0 Å². The minimum absolute atomic E-state index is 0.0770. The van der Waals surface area contributed by atoms with Crippen LogP contribution in [0.1, 0.15) is 43.0 Å². The average Bonchev–Trinajstić information content (AvgIpc) is 3.00. The second-order valence-electron chi connectivity index (χ2n) is 6.49. The SMILES string of the molecule is CCOC(=O)c1cccc(NC(=O)[C@@]23CCCC[C@H]2CNC3)c1. The van der Waals surface area contributed by atoms with E-state index in [0.717, 1.165) is 32.4 Å². The van der Waals surface area contributed by atoms with Crippen LogP contribution >= 0.6 is 0 Å². The van der Waals surface area contributed by atoms with Crippen LogP contribution in [0.25, 0.3) is 0 Å². The quantitative estimate of drug-likeness (QED) is 0.838. The number of hydrogen-bond donors (Lipinski definition) is 2. The van der Waals surface area contributed by atoms with Gasteiger partial charge in [0.15, 0.2) is 0 Å². The third-order valence-electron chi connectivity index (χ3n) is 5.12. The van der Waals surface area contributed by atoms with Crippen molar-refractivity contribution in [3.8, 4) is 0 Å². The van der Waals surface area contributed by atoms with E-state index in [1.807, 2.05) is 6.07 Å². The molecular formula is C18H24N2O3. The molecule has 0 aromatic heterocycles. The molecule has 0 radical (unpaired) electrons. The fourth-order valence-electron chi connectivity index (χ4n) is 3.88. The third-order valence-corrected chi connectivity index (χ3v) is 5.12. The Morgan fingerprint density at radius 3 is 3.09 bits per heavy atom. The van der Waals surface area contributed by atoms with E-state index < -0.39 is 0 Å². The zero-order valence-corrected chi connectivity index (χ0v) is 13.6. The van der Waals surface area contributed by atoms with Gasteiger partial charge < -0.3 is 15.4 Å². The predicted molar refractivity (Wildman–Crippen MR) is 88.3 cm³/mol. The fourth-order valence-corrected chi connectivity index (χ4v) is 3.88. The van der Waals surface area contributed by atoms with Gasteiger partial charge in [0, 0.05) is 12.2 Å². The standard InChI is InChI=1S/C18H24N2O3/c1-2-23-16(21)13-6-5-8-15(10-13)20-17(22)18-9-4-3-7-14(18)11-19-12-18/h5-6,8,10,14,19H,2-4,7,9,11-12H2,1H3,(H,20,22)/t14-,18+/m0/s1. The number of rotatable bonds is 4. The summed E-state index contributed by atoms with van der Waals surface area (Å²) in [4.78, 5) is 24.7. The monoisotopic (exact) mass is 316 g/mol. The zero-order valence-electron chi connectivity index (χ0n) is 13.6. The fraction of sp³-hybridized carbons (Fsp3) is 0.556. The van der Waals surface area contributed by atoms with Gasteiger partial charge in [-0.1, -0.05) is 18.9 Å². The van der Waals surface area contributed by atoms with Gasteiger partial charge in [0.2, 0.25) is 5.91 Å². The highest BCUT2D eigenvalue weighted by Gasteiger charge is 2.49. The van der Waals surface area contributed by atoms with Crippen molar-refractivity contribution in [2.75, 3.05) is 25.0 Å². The van der Waals surface area contributed by atoms with E-state index in [1.54, 1.807) is 25.1 Å². The van der Waals surface area contributed by atoms with Crippen LogP contribution in [-0.4, -0.2) is 31.6 Å². The van der Waals surface area contributed by atoms with E-state index in [1.165, 1.54) is 6.42 Å². The van der Waals surface area contributed by atoms with Gasteiger partial charge >= 0.3 is 5.97 Å². The van der Waals surface area contributed by atoms with E-state index in [4.69, 9.17) is 4.74 Å². The molecule has 1 amide bonds. The largest absolute Gasteiger partial charge is 0.462 e. The highest BCUT2D eigenvalue weighted by Crippen LogP contribution is 2.44. The van der Waals surface area contributed by atoms with Gasteiger partial charge in [0.05, 0.1) is 17.6 Å². The van der Waals surface area contributed by atoms with E-state index in [2.05, 4.69) is 10.6 Å². The first-order chi connectivity index (χ1) is 11.2. The number of nitrogens with one attached hydrogen (secondary N) is 2. The minimum atomic E-state index is -0.361. The summed E-state index contributed by atoms with van der Waals surface area (Å²) in [6, 6.07) is 6.97. The topological polar surface area (TPSA) is 67.4 Å². The normalized spacial score (nSPS) is 26.4. The summed E-state index contributed by atoms with van der Waals surface area (Å²) in [5.74, 6) is 0.137. The summed E-state index contributed by atoms with van der Waals surface area (Å²) in [5.41, 5.74) is 0.830. The molecule has 23 heavy (non-hydrogen) atoms. The molecule has 1 saturated carbocycles. The lowest BCUT2D eigenvalue weighted by molar-refractivity contribution is -0.128. The number of fused-ring (bicyclic) bond motifs is 1. The van der Waals surface area contributed by atoms with E-state index in [0.29, 0.717) is 23.8 Å². The van der Waals surface area contributed by atoms with Crippen LogP contribution in [0, 0.1) is 11.3 Å². The molecule has 2 N–H and O–H groups in total. The van der Waals surface area contributed by atoms with Gasteiger partial charge in [-0.25, -0.2) is 4.79 Å². The van der Waals surface area contributed by atoms with Crippen molar-refractivity contribution >= 4 is 17.6 Å². The molecule has 1 saturated heterocycles. The van der Waals surface area contributed by atoms with Crippen LogP contribution < -0.4 is 10.6 Å². The predicted octanol–water partition coefficient (Wildman–Crippen LogP) is 2.58. The number of ether oxygens (including phenoxy) is 1. The highest BCUT2D eigenvalue weighted by atomic mass is 16.5. The molecule has 5 heteroatoms. The Hall–Kier alpha value is -1.88. The Morgan fingerprint density at radius 2 is 2.26 bits per heavy atom. The summed E-state index contributed by atoms with van der Waals surface area (Å²) in [7, 11) is 0. The zero-order chi connectivity index (χ0) is 16.3. The minimum Gasteiger partial charge on any atom is -0.462 e. The third kappa shape index (κ3) is 3.11. The average molecular weight is 316 g/mol. The van der Waals surface area contributed by atoms with Crippen LogP contribution in [0.15, 0.2) is 24.3 Å². The summed E-state index contributed by atoms with van der Waals surface area (Å²) in [5, 5.41) is 6.41. The maximum atomic E-state index is 12.9. The molecule has 1 heterocycles. The first-order valence-corrected chi connectivity index (χ1v) is 8.45. The molecule has 3 rings (SSSR count). The first-order valence-electron chi connectivity index (χ1n) is 8.45. The van der Waals surface area contributed by atoms with Crippen LogP contribution in [-0.2, 0) is 9.53 Å². The molecule has 0 spiro atoms. The molecule has 1 aromatic rings. The number of carbonyl (C=O) groups is 2. The Kier molecular flexibility index (Phi) is 4.66. The van der Waals surface area contributed by atoms with Gasteiger partial charge in [-0.2, -0.15) is 0 Å². The summed E-state index contributed by atoms with van der Waals surface area (Å²) < 4.78 is 5.01. The van der Waals surface area contributed by atoms with Crippen molar-refractivity contribution in [2.24, 2.45) is 11.3 Å². The molecule has 2 fully saturated rings. The molecule has 1 aliphatic carbocycles. The number of benzene rings is 1. The lowest BCUT2D eigenvalue weighted by Gasteiger charge is -2.37. The summed E-state index contributed by atoms with van der Waals surface area (Å²) in [6.45, 7) is 3.79. The van der Waals surface area contributed by atoms with Gasteiger partial charge in [-0.15, -0.1) is 0 Å². The Bertz CT molecular complexity index is 602. The Labute approximate surface area is 136 Å². The van der Waals surface area contributed by atoms with Crippen molar-refractivity contribution in [1.29, 1.82) is 0 Å². The molecule has 1 aromatic carbocycles. The Morgan fingerprint density at radius 1 is 1.39 bits per heavy atom. The molecule has 0 bridgehead atoms. The van der Waals surface area contributed by atoms with Crippen molar-refractivity contribution in [2.45, 2.75) is 32.6 Å². The molecule has 2 aliphatic rings. The molecule has 0 unspecified atom stereocenters. The van der Waals surface area contributed by atoms with Crippen molar-refractivity contribution in [1.82, 2.24) is 5.32 Å². The molecule has 2 atom stereocenters. The van der Waals surface area contributed by atoms with Crippen LogP contribution in [0.3, 0.4) is 0 Å². The second-order valence-corrected chi connectivity index (χ2v) is 6.49. The molecule has 124 valence electrons. The lowest BCUT2D eigenvalue weighted by atomic mass is 9.67. The van der Waals surface area contributed by atoms with Crippen LogP contribution in [0.5, 0.6) is 0 Å². The maximum absolute atomic E-state index is 12.9. The lowest BCUT2D eigenvalue weighted by Crippen LogP contribution is -2.44. The van der Waals surface area contributed by atoms with E-state index in [-0.39, 0.29) is 17.3 Å². The van der Waals surface area contributed by atoms with Crippen LogP contribution in [0.2, 0.25) is 0 Å².